The lowest BCUT2D eigenvalue weighted by Gasteiger charge is -2.26. The Balaban J connectivity index is 2.84. The second-order valence-corrected chi connectivity index (χ2v) is 4.12. The molecule has 0 atom stereocenters. The number of hydrogen-bond donors (Lipinski definition) is 5. The molecule has 0 aliphatic rings. The molecule has 16 heavy (non-hydrogen) atoms. The van der Waals surface area contributed by atoms with Crippen molar-refractivity contribution in [2.45, 2.75) is 25.8 Å². The molecule has 0 aromatic carbocycles. The van der Waals surface area contributed by atoms with Crippen molar-refractivity contribution in [2.24, 2.45) is 5.84 Å². The van der Waals surface area contributed by atoms with Crippen molar-refractivity contribution >= 4 is 17.6 Å². The summed E-state index contributed by atoms with van der Waals surface area (Å²) in [5.74, 6) is 6.39. The van der Waals surface area contributed by atoms with Gasteiger partial charge in [0.2, 0.25) is 5.95 Å². The first-order valence-corrected chi connectivity index (χ1v) is 4.97. The van der Waals surface area contributed by atoms with E-state index in [0.29, 0.717) is 18.1 Å². The van der Waals surface area contributed by atoms with Gasteiger partial charge in [0.1, 0.15) is 11.6 Å². The highest BCUT2D eigenvalue weighted by atomic mass is 16.3. The summed E-state index contributed by atoms with van der Waals surface area (Å²) in [6.45, 7) is 4.01. The smallest absolute Gasteiger partial charge is 0.223 e. The van der Waals surface area contributed by atoms with Crippen molar-refractivity contribution in [3.63, 3.8) is 0 Å². The standard InChI is InChI=1S/C9H18N6O/c1-9(2,3-4-16)14-6-5-7(15-11)13-8(10)12-6/h5,16H,3-4,11H2,1-2H3,(H4,10,12,13,14,15). The van der Waals surface area contributed by atoms with Gasteiger partial charge in [0.25, 0.3) is 0 Å². The highest BCUT2D eigenvalue weighted by molar-refractivity contribution is 5.51. The van der Waals surface area contributed by atoms with Crippen molar-refractivity contribution < 1.29 is 5.11 Å². The predicted molar refractivity (Wildman–Crippen MR) is 63.7 cm³/mol. The van der Waals surface area contributed by atoms with Crippen LogP contribution in [0.3, 0.4) is 0 Å². The molecule has 1 aromatic rings. The van der Waals surface area contributed by atoms with Gasteiger partial charge < -0.3 is 21.6 Å². The third kappa shape index (κ3) is 3.52. The van der Waals surface area contributed by atoms with Gasteiger partial charge >= 0.3 is 0 Å². The average Bonchev–Trinajstić information content (AvgIpc) is 2.15. The van der Waals surface area contributed by atoms with Crippen LogP contribution in [-0.2, 0) is 0 Å². The van der Waals surface area contributed by atoms with Crippen LogP contribution in [0, 0.1) is 0 Å². The van der Waals surface area contributed by atoms with E-state index in [1.54, 1.807) is 6.07 Å². The Labute approximate surface area is 94.2 Å². The second-order valence-electron chi connectivity index (χ2n) is 4.12. The molecular weight excluding hydrogens is 208 g/mol. The summed E-state index contributed by atoms with van der Waals surface area (Å²) >= 11 is 0. The molecule has 0 spiro atoms. The lowest BCUT2D eigenvalue weighted by Crippen LogP contribution is -2.32. The van der Waals surface area contributed by atoms with Crippen molar-refractivity contribution in [2.75, 3.05) is 23.1 Å². The maximum Gasteiger partial charge on any atom is 0.223 e. The molecule has 7 nitrogen and oxygen atoms in total. The van der Waals surface area contributed by atoms with Crippen molar-refractivity contribution in [3.8, 4) is 0 Å². The van der Waals surface area contributed by atoms with Crippen LogP contribution in [0.1, 0.15) is 20.3 Å². The predicted octanol–water partition coefficient (Wildman–Crippen LogP) is -0.0827. The van der Waals surface area contributed by atoms with E-state index in [0.717, 1.165) is 0 Å². The van der Waals surface area contributed by atoms with Crippen LogP contribution in [0.25, 0.3) is 0 Å². The van der Waals surface area contributed by atoms with Gasteiger partial charge in [-0.1, -0.05) is 0 Å². The Bertz CT molecular complexity index is 354. The third-order valence-corrected chi connectivity index (χ3v) is 2.09. The molecule has 0 bridgehead atoms. The van der Waals surface area contributed by atoms with E-state index in [-0.39, 0.29) is 18.1 Å². The number of nitrogens with two attached hydrogens (primary N) is 2. The molecule has 1 rings (SSSR count). The molecule has 0 aliphatic carbocycles. The van der Waals surface area contributed by atoms with E-state index >= 15 is 0 Å². The lowest BCUT2D eigenvalue weighted by molar-refractivity contribution is 0.260. The van der Waals surface area contributed by atoms with Gasteiger partial charge in [-0.3, -0.25) is 0 Å². The molecule has 1 heterocycles. The fourth-order valence-electron chi connectivity index (χ4n) is 1.29. The summed E-state index contributed by atoms with van der Waals surface area (Å²) in [5.41, 5.74) is 7.65. The number of rotatable bonds is 5. The van der Waals surface area contributed by atoms with Crippen LogP contribution in [0.4, 0.5) is 17.6 Å². The maximum absolute atomic E-state index is 8.91. The van der Waals surface area contributed by atoms with E-state index in [1.165, 1.54) is 0 Å². The summed E-state index contributed by atoms with van der Waals surface area (Å²) in [4.78, 5) is 7.90. The van der Waals surface area contributed by atoms with Crippen LogP contribution in [0.15, 0.2) is 6.07 Å². The summed E-state index contributed by atoms with van der Waals surface area (Å²) in [6.07, 6.45) is 0.599. The Morgan fingerprint density at radius 1 is 1.38 bits per heavy atom. The summed E-state index contributed by atoms with van der Waals surface area (Å²) < 4.78 is 0. The first-order chi connectivity index (χ1) is 7.46. The number of nitrogen functional groups attached to an aromatic ring is 2. The van der Waals surface area contributed by atoms with Crippen LogP contribution < -0.4 is 22.3 Å². The normalized spacial score (nSPS) is 11.2. The van der Waals surface area contributed by atoms with Crippen LogP contribution in [0.5, 0.6) is 0 Å². The van der Waals surface area contributed by atoms with Crippen LogP contribution >= 0.6 is 0 Å². The number of hydrogen-bond acceptors (Lipinski definition) is 7. The van der Waals surface area contributed by atoms with Gasteiger partial charge in [-0.25, -0.2) is 5.84 Å². The van der Waals surface area contributed by atoms with Gasteiger partial charge in [-0.05, 0) is 20.3 Å². The summed E-state index contributed by atoms with van der Waals surface area (Å²) in [5, 5.41) is 12.1. The zero-order chi connectivity index (χ0) is 12.2. The highest BCUT2D eigenvalue weighted by Crippen LogP contribution is 2.18. The molecule has 90 valence electrons. The minimum Gasteiger partial charge on any atom is -0.396 e. The maximum atomic E-state index is 8.91. The quantitative estimate of drug-likeness (QED) is 0.351. The molecule has 0 unspecified atom stereocenters. The zero-order valence-electron chi connectivity index (χ0n) is 9.49. The average molecular weight is 226 g/mol. The largest absolute Gasteiger partial charge is 0.396 e. The summed E-state index contributed by atoms with van der Waals surface area (Å²) in [6, 6.07) is 1.65. The molecule has 0 fully saturated rings. The van der Waals surface area contributed by atoms with Crippen molar-refractivity contribution in [1.29, 1.82) is 0 Å². The SMILES string of the molecule is CC(C)(CCO)Nc1cc(NN)nc(N)n1. The zero-order valence-corrected chi connectivity index (χ0v) is 9.49. The molecule has 1 aromatic heterocycles. The lowest BCUT2D eigenvalue weighted by atomic mass is 10.0. The third-order valence-electron chi connectivity index (χ3n) is 2.09. The number of anilines is 3. The van der Waals surface area contributed by atoms with Gasteiger partial charge in [-0.15, -0.1) is 0 Å². The Hall–Kier alpha value is -1.60. The topological polar surface area (TPSA) is 122 Å². The number of nitrogens with zero attached hydrogens (tertiary/aromatic N) is 2. The van der Waals surface area contributed by atoms with Gasteiger partial charge in [0, 0.05) is 18.2 Å². The van der Waals surface area contributed by atoms with E-state index in [9.17, 15) is 0 Å². The molecule has 0 radical (unpaired) electrons. The van der Waals surface area contributed by atoms with E-state index in [1.807, 2.05) is 13.8 Å². The van der Waals surface area contributed by atoms with Gasteiger partial charge in [0.15, 0.2) is 0 Å². The van der Waals surface area contributed by atoms with E-state index < -0.39 is 0 Å². The second kappa shape index (κ2) is 4.95. The number of aliphatic hydroxyl groups is 1. The van der Waals surface area contributed by atoms with Gasteiger partial charge in [0.05, 0.1) is 0 Å². The first-order valence-electron chi connectivity index (χ1n) is 4.97. The molecule has 0 saturated heterocycles. The Kier molecular flexibility index (Phi) is 3.86. The van der Waals surface area contributed by atoms with Crippen LogP contribution in [-0.4, -0.2) is 27.2 Å². The Morgan fingerprint density at radius 3 is 2.56 bits per heavy atom. The van der Waals surface area contributed by atoms with E-state index in [2.05, 4.69) is 20.7 Å². The summed E-state index contributed by atoms with van der Waals surface area (Å²) in [7, 11) is 0. The minimum absolute atomic E-state index is 0.0998. The monoisotopic (exact) mass is 226 g/mol. The van der Waals surface area contributed by atoms with Crippen LogP contribution in [0.2, 0.25) is 0 Å². The fraction of sp³-hybridized carbons (Fsp3) is 0.556. The first kappa shape index (κ1) is 12.5. The fourth-order valence-corrected chi connectivity index (χ4v) is 1.29. The minimum atomic E-state index is -0.276. The molecular formula is C9H18N6O. The molecule has 0 saturated carbocycles. The number of aromatic nitrogens is 2. The molecule has 7 heteroatoms. The highest BCUT2D eigenvalue weighted by Gasteiger charge is 2.17. The number of aliphatic hydroxyl groups excluding tert-OH is 1. The molecule has 7 N–H and O–H groups in total. The van der Waals surface area contributed by atoms with E-state index in [4.69, 9.17) is 16.7 Å². The number of hydrazine groups is 1. The van der Waals surface area contributed by atoms with Gasteiger partial charge in [-0.2, -0.15) is 9.97 Å². The molecule has 0 amide bonds. The number of nitrogens with one attached hydrogen (secondary N) is 2. The van der Waals surface area contributed by atoms with Crippen molar-refractivity contribution in [1.82, 2.24) is 9.97 Å². The van der Waals surface area contributed by atoms with Crippen molar-refractivity contribution in [3.05, 3.63) is 6.07 Å². The Morgan fingerprint density at radius 2 is 2.00 bits per heavy atom. The molecule has 0 aliphatic heterocycles.